The lowest BCUT2D eigenvalue weighted by molar-refractivity contribution is 0.190. The van der Waals surface area contributed by atoms with Crippen LogP contribution in [0.4, 0.5) is 0 Å². The van der Waals surface area contributed by atoms with Gasteiger partial charge in [-0.15, -0.1) is 0 Å². The first-order chi connectivity index (χ1) is 12.7. The highest BCUT2D eigenvalue weighted by Crippen LogP contribution is 2.35. The molecule has 1 aliphatic heterocycles. The van der Waals surface area contributed by atoms with Crippen LogP contribution in [0, 0.1) is 17.2 Å². The fraction of sp³-hybridized carbons (Fsp3) is 0.429. The van der Waals surface area contributed by atoms with Gasteiger partial charge in [-0.3, -0.25) is 9.88 Å². The largest absolute Gasteiger partial charge is 0.492 e. The van der Waals surface area contributed by atoms with Crippen LogP contribution in [0.2, 0.25) is 0 Å². The van der Waals surface area contributed by atoms with Gasteiger partial charge < -0.3 is 9.64 Å². The molecule has 1 aliphatic rings. The molecule has 0 aliphatic carbocycles. The maximum Gasteiger partial charge on any atom is 0.120 e. The van der Waals surface area contributed by atoms with E-state index in [1.54, 1.807) is 12.1 Å². The lowest BCUT2D eigenvalue weighted by Crippen LogP contribution is -2.32. The van der Waals surface area contributed by atoms with Gasteiger partial charge in [-0.2, -0.15) is 5.26 Å². The number of hydrogen-bond acceptors (Lipinski definition) is 5. The van der Waals surface area contributed by atoms with Gasteiger partial charge in [0.1, 0.15) is 12.4 Å². The van der Waals surface area contributed by atoms with E-state index in [0.29, 0.717) is 24.1 Å². The summed E-state index contributed by atoms with van der Waals surface area (Å²) in [4.78, 5) is 9.06. The highest BCUT2D eigenvalue weighted by molar-refractivity contribution is 5.36. The second-order valence-corrected chi connectivity index (χ2v) is 7.01. The molecule has 2 heterocycles. The van der Waals surface area contributed by atoms with E-state index in [1.165, 1.54) is 12.0 Å². The average Bonchev–Trinajstić information content (AvgIpc) is 3.02. The number of benzene rings is 1. The minimum atomic E-state index is 0.430. The first kappa shape index (κ1) is 18.4. The van der Waals surface area contributed by atoms with Crippen molar-refractivity contribution in [3.63, 3.8) is 0 Å². The molecule has 1 fully saturated rings. The second kappa shape index (κ2) is 8.79. The Balaban J connectivity index is 1.51. The van der Waals surface area contributed by atoms with E-state index < -0.39 is 0 Å². The molecule has 1 aromatic carbocycles. The average molecular weight is 350 g/mol. The van der Waals surface area contributed by atoms with Gasteiger partial charge in [-0.1, -0.05) is 12.1 Å². The minimum absolute atomic E-state index is 0.430. The van der Waals surface area contributed by atoms with Gasteiger partial charge in [0, 0.05) is 31.5 Å². The smallest absolute Gasteiger partial charge is 0.120 e. The first-order valence-electron chi connectivity index (χ1n) is 9.09. The number of pyridine rings is 1. The monoisotopic (exact) mass is 350 g/mol. The Morgan fingerprint density at radius 3 is 3.00 bits per heavy atom. The zero-order chi connectivity index (χ0) is 18.4. The van der Waals surface area contributed by atoms with Gasteiger partial charge in [-0.25, -0.2) is 0 Å². The van der Waals surface area contributed by atoms with Gasteiger partial charge in [-0.05, 0) is 62.8 Å². The van der Waals surface area contributed by atoms with E-state index in [1.807, 2.05) is 30.6 Å². The van der Waals surface area contributed by atoms with Crippen molar-refractivity contribution in [1.29, 1.82) is 5.26 Å². The van der Waals surface area contributed by atoms with Gasteiger partial charge in [0.2, 0.25) is 0 Å². The summed E-state index contributed by atoms with van der Waals surface area (Å²) in [5.41, 5.74) is 1.93. The summed E-state index contributed by atoms with van der Waals surface area (Å²) < 4.78 is 5.80. The molecular formula is C21H26N4O. The van der Waals surface area contributed by atoms with E-state index in [4.69, 9.17) is 10.00 Å². The Morgan fingerprint density at radius 1 is 1.35 bits per heavy atom. The molecule has 1 saturated heterocycles. The molecule has 2 atom stereocenters. The second-order valence-electron chi connectivity index (χ2n) is 7.01. The molecule has 0 N–H and O–H groups in total. The molecule has 0 unspecified atom stereocenters. The van der Waals surface area contributed by atoms with Crippen molar-refractivity contribution in [1.82, 2.24) is 14.8 Å². The first-order valence-corrected chi connectivity index (χ1v) is 9.09. The van der Waals surface area contributed by atoms with Crippen LogP contribution in [0.3, 0.4) is 0 Å². The molecule has 5 heteroatoms. The lowest BCUT2D eigenvalue weighted by atomic mass is 9.94. The molecular weight excluding hydrogens is 324 g/mol. The van der Waals surface area contributed by atoms with Gasteiger partial charge in [0.15, 0.2) is 0 Å². The maximum absolute atomic E-state index is 8.95. The van der Waals surface area contributed by atoms with Crippen LogP contribution in [-0.4, -0.2) is 55.1 Å². The number of likely N-dealkylation sites (tertiary alicyclic amines) is 1. The minimum Gasteiger partial charge on any atom is -0.492 e. The molecule has 0 radical (unpaired) electrons. The fourth-order valence-electron chi connectivity index (χ4n) is 3.76. The van der Waals surface area contributed by atoms with Crippen LogP contribution in [0.25, 0.3) is 0 Å². The summed E-state index contributed by atoms with van der Waals surface area (Å²) in [7, 11) is 4.34. The summed E-state index contributed by atoms with van der Waals surface area (Å²) in [6, 6.07) is 14.1. The Labute approximate surface area is 155 Å². The van der Waals surface area contributed by atoms with Gasteiger partial charge in [0.05, 0.1) is 11.6 Å². The van der Waals surface area contributed by atoms with Crippen molar-refractivity contribution in [2.24, 2.45) is 5.92 Å². The number of nitriles is 1. The van der Waals surface area contributed by atoms with E-state index in [2.05, 4.69) is 41.0 Å². The fourth-order valence-corrected chi connectivity index (χ4v) is 3.76. The molecule has 5 nitrogen and oxygen atoms in total. The molecule has 0 spiro atoms. The van der Waals surface area contributed by atoms with Crippen LogP contribution in [0.5, 0.6) is 5.75 Å². The van der Waals surface area contributed by atoms with Crippen molar-refractivity contribution in [2.75, 3.05) is 40.3 Å². The van der Waals surface area contributed by atoms with Crippen molar-refractivity contribution < 1.29 is 4.74 Å². The number of ether oxygens (including phenoxy) is 1. The summed E-state index contributed by atoms with van der Waals surface area (Å²) in [5.74, 6) is 1.35. The predicted octanol–water partition coefficient (Wildman–Crippen LogP) is 2.96. The van der Waals surface area contributed by atoms with Crippen LogP contribution in [0.1, 0.15) is 23.6 Å². The van der Waals surface area contributed by atoms with E-state index in [0.717, 1.165) is 25.4 Å². The van der Waals surface area contributed by atoms with Crippen molar-refractivity contribution in [3.05, 3.63) is 59.9 Å². The Hall–Kier alpha value is -2.42. The van der Waals surface area contributed by atoms with Crippen LogP contribution in [0.15, 0.2) is 48.8 Å². The molecule has 0 saturated carbocycles. The number of hydrogen-bond donors (Lipinski definition) is 0. The lowest BCUT2D eigenvalue weighted by Gasteiger charge is -2.28. The van der Waals surface area contributed by atoms with Crippen molar-refractivity contribution >= 4 is 0 Å². The zero-order valence-electron chi connectivity index (χ0n) is 15.5. The molecule has 2 aromatic rings. The third-order valence-corrected chi connectivity index (χ3v) is 5.05. The number of aromatic nitrogens is 1. The normalized spacial score (nSPS) is 20.2. The Morgan fingerprint density at radius 2 is 2.23 bits per heavy atom. The van der Waals surface area contributed by atoms with Crippen LogP contribution in [-0.2, 0) is 0 Å². The van der Waals surface area contributed by atoms with E-state index >= 15 is 0 Å². The molecule has 3 rings (SSSR count). The Kier molecular flexibility index (Phi) is 6.21. The van der Waals surface area contributed by atoms with Crippen molar-refractivity contribution in [3.8, 4) is 11.8 Å². The van der Waals surface area contributed by atoms with E-state index in [9.17, 15) is 0 Å². The van der Waals surface area contributed by atoms with Gasteiger partial charge in [0.25, 0.3) is 0 Å². The molecule has 0 bridgehead atoms. The van der Waals surface area contributed by atoms with Crippen LogP contribution >= 0.6 is 0 Å². The Bertz CT molecular complexity index is 743. The summed E-state index contributed by atoms with van der Waals surface area (Å²) in [6.45, 7) is 3.63. The zero-order valence-corrected chi connectivity index (χ0v) is 15.5. The van der Waals surface area contributed by atoms with E-state index in [-0.39, 0.29) is 0 Å². The van der Waals surface area contributed by atoms with Crippen molar-refractivity contribution in [2.45, 2.75) is 12.5 Å². The SMILES string of the molecule is CN(CCOc1cccc(C#N)c1)C[C@@H]1CCN(C)[C@H]1c1cccnc1. The highest BCUT2D eigenvalue weighted by atomic mass is 16.5. The standard InChI is InChI=1S/C21H26N4O/c1-24(11-12-26-20-7-3-5-17(13-20)14-22)16-19-8-10-25(2)21(19)18-6-4-9-23-15-18/h3-7,9,13,15,19,21H,8,10-12,16H2,1-2H3/t19-,21-/m0/s1. The number of likely N-dealkylation sites (N-methyl/N-ethyl adjacent to an activating group) is 1. The molecule has 1 aromatic heterocycles. The predicted molar refractivity (Wildman–Crippen MR) is 102 cm³/mol. The summed E-state index contributed by atoms with van der Waals surface area (Å²) in [5, 5.41) is 8.95. The van der Waals surface area contributed by atoms with Crippen LogP contribution < -0.4 is 4.74 Å². The highest BCUT2D eigenvalue weighted by Gasteiger charge is 2.33. The molecule has 26 heavy (non-hydrogen) atoms. The quantitative estimate of drug-likeness (QED) is 0.768. The molecule has 136 valence electrons. The number of rotatable bonds is 7. The number of nitrogens with zero attached hydrogens (tertiary/aromatic N) is 4. The third-order valence-electron chi connectivity index (χ3n) is 5.05. The third kappa shape index (κ3) is 4.60. The van der Waals surface area contributed by atoms with Gasteiger partial charge >= 0.3 is 0 Å². The summed E-state index contributed by atoms with van der Waals surface area (Å²) >= 11 is 0. The summed E-state index contributed by atoms with van der Waals surface area (Å²) in [6.07, 6.45) is 5.02. The maximum atomic E-state index is 8.95. The molecule has 0 amide bonds. The topological polar surface area (TPSA) is 52.4 Å².